The van der Waals surface area contributed by atoms with Crippen molar-refractivity contribution in [2.45, 2.75) is 33.2 Å². The smallest absolute Gasteiger partial charge is 0.287 e. The van der Waals surface area contributed by atoms with Crippen LogP contribution in [0.5, 0.6) is 0 Å². The third-order valence-corrected chi connectivity index (χ3v) is 5.97. The standard InChI is InChI=1S/C23H27F2N3O4/c1-13(2)18(27-21(30)23(3)8-9-28(4)22(23)31)12-26-20(29)19-15(7-10-32-19)14-5-6-16(24)17(25)11-14/h5-7,10-11,13,18H,8-9,12H2,1-4H3,(H,26,29)(H,27,30). The van der Waals surface area contributed by atoms with Gasteiger partial charge in [0, 0.05) is 31.7 Å². The van der Waals surface area contributed by atoms with Crippen LogP contribution in [0.2, 0.25) is 0 Å². The molecule has 172 valence electrons. The lowest BCUT2D eigenvalue weighted by Crippen LogP contribution is -2.52. The maximum Gasteiger partial charge on any atom is 0.287 e. The summed E-state index contributed by atoms with van der Waals surface area (Å²) < 4.78 is 32.1. The molecule has 3 amide bonds. The van der Waals surface area contributed by atoms with Gasteiger partial charge in [0.05, 0.1) is 6.26 Å². The first-order chi connectivity index (χ1) is 15.0. The molecular formula is C23H27F2N3O4. The summed E-state index contributed by atoms with van der Waals surface area (Å²) in [5.41, 5.74) is -0.515. The van der Waals surface area contributed by atoms with Gasteiger partial charge in [-0.3, -0.25) is 14.4 Å². The Balaban J connectivity index is 1.69. The van der Waals surface area contributed by atoms with E-state index in [-0.39, 0.29) is 30.0 Å². The average molecular weight is 447 g/mol. The van der Waals surface area contributed by atoms with Crippen molar-refractivity contribution in [1.82, 2.24) is 15.5 Å². The van der Waals surface area contributed by atoms with Crippen LogP contribution < -0.4 is 10.6 Å². The molecule has 0 aliphatic carbocycles. The molecule has 0 saturated carbocycles. The normalized spacial score (nSPS) is 19.3. The van der Waals surface area contributed by atoms with Gasteiger partial charge in [-0.2, -0.15) is 0 Å². The predicted octanol–water partition coefficient (Wildman–Crippen LogP) is 2.96. The average Bonchev–Trinajstić information content (AvgIpc) is 3.34. The second-order valence-electron chi connectivity index (χ2n) is 8.64. The molecule has 1 aliphatic rings. The fourth-order valence-electron chi connectivity index (χ4n) is 3.67. The minimum absolute atomic E-state index is 0.0284. The zero-order valence-electron chi connectivity index (χ0n) is 18.5. The molecule has 1 saturated heterocycles. The number of carbonyl (C=O) groups is 3. The van der Waals surface area contributed by atoms with Gasteiger partial charge in [0.15, 0.2) is 17.4 Å². The molecule has 32 heavy (non-hydrogen) atoms. The highest BCUT2D eigenvalue weighted by molar-refractivity contribution is 6.06. The van der Waals surface area contributed by atoms with Crippen LogP contribution in [0.3, 0.4) is 0 Å². The summed E-state index contributed by atoms with van der Waals surface area (Å²) in [6.45, 7) is 6.02. The molecule has 9 heteroatoms. The first-order valence-electron chi connectivity index (χ1n) is 10.4. The molecule has 3 rings (SSSR count). The van der Waals surface area contributed by atoms with Gasteiger partial charge in [0.25, 0.3) is 5.91 Å². The fraction of sp³-hybridized carbons (Fsp3) is 0.435. The fourth-order valence-corrected chi connectivity index (χ4v) is 3.67. The zero-order valence-corrected chi connectivity index (χ0v) is 18.5. The second-order valence-corrected chi connectivity index (χ2v) is 8.64. The Labute approximate surface area is 185 Å². The third-order valence-electron chi connectivity index (χ3n) is 5.97. The summed E-state index contributed by atoms with van der Waals surface area (Å²) in [7, 11) is 1.66. The molecular weight excluding hydrogens is 420 g/mol. The first-order valence-corrected chi connectivity index (χ1v) is 10.4. The molecule has 0 radical (unpaired) electrons. The van der Waals surface area contributed by atoms with Crippen LogP contribution in [-0.2, 0) is 9.59 Å². The first kappa shape index (κ1) is 23.4. The van der Waals surface area contributed by atoms with Crippen molar-refractivity contribution in [2.75, 3.05) is 20.1 Å². The van der Waals surface area contributed by atoms with Gasteiger partial charge in [0.2, 0.25) is 11.8 Å². The van der Waals surface area contributed by atoms with E-state index in [4.69, 9.17) is 4.42 Å². The van der Waals surface area contributed by atoms with Gasteiger partial charge in [-0.15, -0.1) is 0 Å². The summed E-state index contributed by atoms with van der Waals surface area (Å²) in [4.78, 5) is 39.5. The van der Waals surface area contributed by atoms with Crippen molar-refractivity contribution < 1.29 is 27.6 Å². The predicted molar refractivity (Wildman–Crippen MR) is 114 cm³/mol. The lowest BCUT2D eigenvalue weighted by atomic mass is 9.87. The molecule has 0 bridgehead atoms. The molecule has 1 aliphatic heterocycles. The summed E-state index contributed by atoms with van der Waals surface area (Å²) in [6, 6.07) is 4.39. The highest BCUT2D eigenvalue weighted by Crippen LogP contribution is 2.31. The van der Waals surface area contributed by atoms with Crippen LogP contribution in [0.1, 0.15) is 37.7 Å². The molecule has 1 fully saturated rings. The number of hydrogen-bond donors (Lipinski definition) is 2. The van der Waals surface area contributed by atoms with E-state index >= 15 is 0 Å². The number of amides is 3. The van der Waals surface area contributed by atoms with E-state index in [0.29, 0.717) is 24.1 Å². The van der Waals surface area contributed by atoms with Crippen LogP contribution >= 0.6 is 0 Å². The number of benzene rings is 1. The minimum Gasteiger partial charge on any atom is -0.459 e. The van der Waals surface area contributed by atoms with Gasteiger partial charge in [-0.05, 0) is 43.0 Å². The van der Waals surface area contributed by atoms with Gasteiger partial charge < -0.3 is 20.0 Å². The van der Waals surface area contributed by atoms with Crippen molar-refractivity contribution in [3.05, 3.63) is 47.9 Å². The monoisotopic (exact) mass is 447 g/mol. The van der Waals surface area contributed by atoms with Crippen LogP contribution in [-0.4, -0.2) is 48.8 Å². The quantitative estimate of drug-likeness (QED) is 0.639. The largest absolute Gasteiger partial charge is 0.459 e. The third kappa shape index (κ3) is 4.51. The van der Waals surface area contributed by atoms with Gasteiger partial charge in [-0.25, -0.2) is 8.78 Å². The molecule has 2 N–H and O–H groups in total. The molecule has 0 spiro atoms. The van der Waals surface area contributed by atoms with Crippen molar-refractivity contribution in [3.63, 3.8) is 0 Å². The number of hydrogen-bond acceptors (Lipinski definition) is 4. The molecule has 1 aromatic carbocycles. The second kappa shape index (κ2) is 9.10. The number of halogens is 2. The molecule has 2 unspecified atom stereocenters. The molecule has 2 heterocycles. The Hall–Kier alpha value is -3.23. The van der Waals surface area contributed by atoms with Crippen molar-refractivity contribution in [1.29, 1.82) is 0 Å². The number of rotatable bonds is 7. The Bertz CT molecular complexity index is 1040. The zero-order chi connectivity index (χ0) is 23.6. The van der Waals surface area contributed by atoms with E-state index in [1.165, 1.54) is 23.3 Å². The summed E-state index contributed by atoms with van der Waals surface area (Å²) in [6.07, 6.45) is 1.71. The van der Waals surface area contributed by atoms with E-state index in [0.717, 1.165) is 12.1 Å². The molecule has 2 atom stereocenters. The SMILES string of the molecule is CC(C)C(CNC(=O)c1occc1-c1ccc(F)c(F)c1)NC(=O)C1(C)CCN(C)C1=O. The van der Waals surface area contributed by atoms with Crippen LogP contribution in [0.15, 0.2) is 34.9 Å². The van der Waals surface area contributed by atoms with E-state index < -0.39 is 29.0 Å². The highest BCUT2D eigenvalue weighted by Gasteiger charge is 2.47. The van der Waals surface area contributed by atoms with Crippen molar-refractivity contribution in [2.24, 2.45) is 11.3 Å². The number of nitrogens with one attached hydrogen (secondary N) is 2. The maximum atomic E-state index is 13.6. The van der Waals surface area contributed by atoms with E-state index in [1.54, 1.807) is 14.0 Å². The Morgan fingerprint density at radius 1 is 1.22 bits per heavy atom. The minimum atomic E-state index is -1.13. The van der Waals surface area contributed by atoms with Crippen molar-refractivity contribution in [3.8, 4) is 11.1 Å². The number of furan rings is 1. The summed E-state index contributed by atoms with van der Waals surface area (Å²) in [5, 5.41) is 5.61. The molecule has 1 aromatic heterocycles. The Kier molecular flexibility index (Phi) is 6.66. The van der Waals surface area contributed by atoms with E-state index in [1.807, 2.05) is 13.8 Å². The summed E-state index contributed by atoms with van der Waals surface area (Å²) in [5.74, 6) is -3.26. The molecule has 7 nitrogen and oxygen atoms in total. The Morgan fingerprint density at radius 3 is 2.53 bits per heavy atom. The van der Waals surface area contributed by atoms with Gasteiger partial charge in [-0.1, -0.05) is 19.9 Å². The highest BCUT2D eigenvalue weighted by atomic mass is 19.2. The number of likely N-dealkylation sites (tertiary alicyclic amines) is 1. The van der Waals surface area contributed by atoms with E-state index in [2.05, 4.69) is 10.6 Å². The van der Waals surface area contributed by atoms with Gasteiger partial charge in [0.1, 0.15) is 5.41 Å². The van der Waals surface area contributed by atoms with Crippen LogP contribution in [0.25, 0.3) is 11.1 Å². The molecule has 2 aromatic rings. The lowest BCUT2D eigenvalue weighted by molar-refractivity contribution is -0.144. The maximum absolute atomic E-state index is 13.6. The van der Waals surface area contributed by atoms with Crippen LogP contribution in [0.4, 0.5) is 8.78 Å². The topological polar surface area (TPSA) is 91.7 Å². The van der Waals surface area contributed by atoms with Crippen LogP contribution in [0, 0.1) is 23.0 Å². The van der Waals surface area contributed by atoms with E-state index in [9.17, 15) is 23.2 Å². The van der Waals surface area contributed by atoms with Crippen molar-refractivity contribution >= 4 is 17.7 Å². The lowest BCUT2D eigenvalue weighted by Gasteiger charge is -2.28. The summed E-state index contributed by atoms with van der Waals surface area (Å²) >= 11 is 0. The number of carbonyl (C=O) groups excluding carboxylic acids is 3. The number of nitrogens with zero attached hydrogens (tertiary/aromatic N) is 1. The Morgan fingerprint density at radius 2 is 1.94 bits per heavy atom. The van der Waals surface area contributed by atoms with Gasteiger partial charge >= 0.3 is 0 Å².